The Balaban J connectivity index is 1.88. The predicted molar refractivity (Wildman–Crippen MR) is 123 cm³/mol. The van der Waals surface area contributed by atoms with Gasteiger partial charge in [0.25, 0.3) is 5.69 Å². The molecule has 0 bridgehead atoms. The van der Waals surface area contributed by atoms with Crippen LogP contribution in [0.3, 0.4) is 0 Å². The zero-order valence-corrected chi connectivity index (χ0v) is 19.5. The van der Waals surface area contributed by atoms with Crippen molar-refractivity contribution < 1.29 is 18.4 Å². The zero-order chi connectivity index (χ0) is 23.3. The van der Waals surface area contributed by atoms with Crippen LogP contribution in [0.4, 0.5) is 5.69 Å². The number of sulfone groups is 1. The van der Waals surface area contributed by atoms with Crippen molar-refractivity contribution in [3.05, 3.63) is 80.9 Å². The van der Waals surface area contributed by atoms with E-state index in [1.54, 1.807) is 24.3 Å². The highest BCUT2D eigenvalue weighted by atomic mass is 32.2. The second kappa shape index (κ2) is 7.81. The van der Waals surface area contributed by atoms with Gasteiger partial charge < -0.3 is 5.11 Å². The van der Waals surface area contributed by atoms with E-state index in [4.69, 9.17) is 0 Å². The largest absolute Gasteiger partial charge is 0.383 e. The number of non-ortho nitro benzene ring substituents is 1. The van der Waals surface area contributed by atoms with Gasteiger partial charge in [0.15, 0.2) is 9.84 Å². The maximum atomic E-state index is 13.9. The van der Waals surface area contributed by atoms with Crippen LogP contribution in [-0.2, 0) is 15.4 Å². The van der Waals surface area contributed by atoms with Crippen molar-refractivity contribution in [3.63, 3.8) is 0 Å². The number of benzene rings is 2. The van der Waals surface area contributed by atoms with Crippen LogP contribution in [0.2, 0.25) is 0 Å². The van der Waals surface area contributed by atoms with Crippen LogP contribution in [0.1, 0.15) is 57.1 Å². The minimum atomic E-state index is -3.88. The van der Waals surface area contributed by atoms with E-state index >= 15 is 0 Å². The summed E-state index contributed by atoms with van der Waals surface area (Å²) in [7, 11) is -3.88. The van der Waals surface area contributed by atoms with E-state index in [1.807, 2.05) is 6.92 Å². The lowest BCUT2D eigenvalue weighted by Gasteiger charge is -2.47. The average molecular weight is 456 g/mol. The molecule has 0 aromatic heterocycles. The first-order chi connectivity index (χ1) is 14.9. The number of aryl methyl sites for hydroxylation is 1. The van der Waals surface area contributed by atoms with Gasteiger partial charge in [-0.15, -0.1) is 0 Å². The molecular weight excluding hydrogens is 426 g/mol. The van der Waals surface area contributed by atoms with Crippen molar-refractivity contribution in [2.75, 3.05) is 0 Å². The molecule has 0 aliphatic heterocycles. The molecule has 2 aliphatic carbocycles. The van der Waals surface area contributed by atoms with Gasteiger partial charge in [-0.05, 0) is 67.9 Å². The number of rotatable bonds is 4. The van der Waals surface area contributed by atoms with E-state index in [0.717, 1.165) is 36.0 Å². The molecular formula is C25H29NO5S. The van der Waals surface area contributed by atoms with Crippen LogP contribution in [-0.4, -0.2) is 23.7 Å². The van der Waals surface area contributed by atoms with Gasteiger partial charge in [-0.2, -0.15) is 0 Å². The Morgan fingerprint density at radius 1 is 1.06 bits per heavy atom. The maximum absolute atomic E-state index is 13.9. The van der Waals surface area contributed by atoms with Gasteiger partial charge in [-0.25, -0.2) is 8.42 Å². The van der Waals surface area contributed by atoms with E-state index in [9.17, 15) is 23.6 Å². The zero-order valence-electron chi connectivity index (χ0n) is 18.7. The summed E-state index contributed by atoms with van der Waals surface area (Å²) in [4.78, 5) is 10.8. The summed E-state index contributed by atoms with van der Waals surface area (Å²) in [6.07, 6.45) is 3.30. The molecule has 0 heterocycles. The quantitative estimate of drug-likeness (QED) is 0.387. The first kappa shape index (κ1) is 22.7. The maximum Gasteiger partial charge on any atom is 0.269 e. The number of nitrogens with zero attached hydrogens (tertiary/aromatic N) is 1. The topological polar surface area (TPSA) is 97.5 Å². The van der Waals surface area contributed by atoms with E-state index < -0.39 is 25.6 Å². The van der Waals surface area contributed by atoms with Crippen LogP contribution in [0.15, 0.2) is 64.6 Å². The smallest absolute Gasteiger partial charge is 0.269 e. The summed E-state index contributed by atoms with van der Waals surface area (Å²) in [5.41, 5.74) is 1.74. The van der Waals surface area contributed by atoms with Crippen molar-refractivity contribution in [1.29, 1.82) is 0 Å². The van der Waals surface area contributed by atoms with Crippen LogP contribution in [0, 0.1) is 22.5 Å². The van der Waals surface area contributed by atoms with Gasteiger partial charge in [0.1, 0.15) is 10.9 Å². The summed E-state index contributed by atoms with van der Waals surface area (Å²) in [6, 6.07) is 12.4. The standard InChI is InChI=1S/C25H29NO5S/c1-17-6-12-21(13-7-17)32(30,31)23-15-22-18(5-4-14-24(22,2)3)16-25(23,27)19-8-10-20(11-9-19)26(28)29/h6-13,23,27H,4-5,14-16H2,1-3H3/t23-,25-/m0/s1. The van der Waals surface area contributed by atoms with E-state index in [0.29, 0.717) is 5.56 Å². The number of allylic oxidation sites excluding steroid dienone is 1. The third-order valence-corrected chi connectivity index (χ3v) is 9.47. The second-order valence-electron chi connectivity index (χ2n) is 9.78. The lowest BCUT2D eigenvalue weighted by molar-refractivity contribution is -0.384. The molecule has 0 saturated heterocycles. The molecule has 0 radical (unpaired) electrons. The Kier molecular flexibility index (Phi) is 5.54. The molecule has 2 aromatic carbocycles. The average Bonchev–Trinajstić information content (AvgIpc) is 2.73. The molecule has 0 spiro atoms. The number of hydrogen-bond donors (Lipinski definition) is 1. The Morgan fingerprint density at radius 3 is 2.28 bits per heavy atom. The molecule has 0 saturated carbocycles. The lowest BCUT2D eigenvalue weighted by atomic mass is 9.64. The molecule has 0 unspecified atom stereocenters. The number of hydrogen-bond acceptors (Lipinski definition) is 5. The molecule has 4 rings (SSSR count). The van der Waals surface area contributed by atoms with Gasteiger partial charge in [-0.3, -0.25) is 10.1 Å². The molecule has 2 atom stereocenters. The van der Waals surface area contributed by atoms with Crippen molar-refractivity contribution >= 4 is 15.5 Å². The van der Waals surface area contributed by atoms with Gasteiger partial charge in [0.2, 0.25) is 0 Å². The normalized spacial score (nSPS) is 25.3. The van der Waals surface area contributed by atoms with Gasteiger partial charge in [-0.1, -0.05) is 42.7 Å². The van der Waals surface area contributed by atoms with Crippen molar-refractivity contribution in [2.45, 2.75) is 68.6 Å². The van der Waals surface area contributed by atoms with Crippen LogP contribution in [0.5, 0.6) is 0 Å². The van der Waals surface area contributed by atoms with Gasteiger partial charge in [0.05, 0.1) is 9.82 Å². The van der Waals surface area contributed by atoms with Gasteiger partial charge in [0, 0.05) is 18.6 Å². The van der Waals surface area contributed by atoms with Gasteiger partial charge >= 0.3 is 0 Å². The highest BCUT2D eigenvalue weighted by molar-refractivity contribution is 7.92. The van der Waals surface area contributed by atoms with Crippen molar-refractivity contribution in [1.82, 2.24) is 0 Å². The first-order valence-electron chi connectivity index (χ1n) is 10.9. The molecule has 1 N–H and O–H groups in total. The minimum Gasteiger partial charge on any atom is -0.383 e. The number of aliphatic hydroxyl groups is 1. The lowest BCUT2D eigenvalue weighted by Crippen LogP contribution is -2.49. The third-order valence-electron chi connectivity index (χ3n) is 7.23. The fourth-order valence-electron chi connectivity index (χ4n) is 5.35. The highest BCUT2D eigenvalue weighted by Crippen LogP contribution is 2.53. The second-order valence-corrected chi connectivity index (χ2v) is 11.9. The van der Waals surface area contributed by atoms with Crippen LogP contribution in [0.25, 0.3) is 0 Å². The fraction of sp³-hybridized carbons (Fsp3) is 0.440. The molecule has 32 heavy (non-hydrogen) atoms. The van der Waals surface area contributed by atoms with Crippen molar-refractivity contribution in [2.24, 2.45) is 5.41 Å². The SMILES string of the molecule is Cc1ccc(S(=O)(=O)[C@H]2CC3=C(CCCC3(C)C)C[C@]2(O)c2ccc([N+](=O)[O-])cc2)cc1. The summed E-state index contributed by atoms with van der Waals surface area (Å²) in [5, 5.41) is 22.0. The Labute approximate surface area is 189 Å². The number of nitro benzene ring substituents is 1. The molecule has 6 nitrogen and oxygen atoms in total. The summed E-state index contributed by atoms with van der Waals surface area (Å²) < 4.78 is 27.7. The Bertz CT molecular complexity index is 1180. The molecule has 7 heteroatoms. The predicted octanol–water partition coefficient (Wildman–Crippen LogP) is 5.23. The molecule has 170 valence electrons. The van der Waals surface area contributed by atoms with Crippen LogP contribution >= 0.6 is 0 Å². The molecule has 2 aromatic rings. The Hall–Kier alpha value is -2.51. The van der Waals surface area contributed by atoms with E-state index in [2.05, 4.69) is 13.8 Å². The van der Waals surface area contributed by atoms with Crippen molar-refractivity contribution in [3.8, 4) is 0 Å². The molecule has 0 fully saturated rings. The third kappa shape index (κ3) is 3.77. The van der Waals surface area contributed by atoms with E-state index in [1.165, 1.54) is 24.3 Å². The first-order valence-corrected chi connectivity index (χ1v) is 12.5. The van der Waals surface area contributed by atoms with Crippen LogP contribution < -0.4 is 0 Å². The molecule has 0 amide bonds. The van der Waals surface area contributed by atoms with E-state index in [-0.39, 0.29) is 28.8 Å². The summed E-state index contributed by atoms with van der Waals surface area (Å²) in [5.74, 6) is 0. The highest BCUT2D eigenvalue weighted by Gasteiger charge is 2.52. The molecule has 2 aliphatic rings. The Morgan fingerprint density at radius 2 is 1.69 bits per heavy atom. The summed E-state index contributed by atoms with van der Waals surface area (Å²) >= 11 is 0. The summed E-state index contributed by atoms with van der Waals surface area (Å²) in [6.45, 7) is 6.19. The fourth-order valence-corrected chi connectivity index (χ4v) is 7.31. The monoisotopic (exact) mass is 455 g/mol. The minimum absolute atomic E-state index is 0.0928. The number of nitro groups is 1.